The molecule has 1 amide bonds. The summed E-state index contributed by atoms with van der Waals surface area (Å²) in [7, 11) is -2.35. The van der Waals surface area contributed by atoms with E-state index in [-0.39, 0.29) is 22.1 Å². The molecule has 0 bridgehead atoms. The van der Waals surface area contributed by atoms with Crippen molar-refractivity contribution in [3.8, 4) is 0 Å². The van der Waals surface area contributed by atoms with E-state index in [1.54, 1.807) is 37.4 Å². The number of carbonyl (C=O) groups excluding carboxylic acids is 1. The van der Waals surface area contributed by atoms with Gasteiger partial charge in [0.1, 0.15) is 5.82 Å². The van der Waals surface area contributed by atoms with E-state index in [0.717, 1.165) is 24.3 Å². The van der Waals surface area contributed by atoms with E-state index in [9.17, 15) is 17.6 Å². The lowest BCUT2D eigenvalue weighted by atomic mass is 10.1. The highest BCUT2D eigenvalue weighted by Crippen LogP contribution is 2.23. The molecule has 3 aromatic carbocycles. The van der Waals surface area contributed by atoms with Crippen molar-refractivity contribution in [3.63, 3.8) is 0 Å². The molecule has 0 aliphatic heterocycles. The van der Waals surface area contributed by atoms with E-state index in [4.69, 9.17) is 0 Å². The number of hydrogen-bond donors (Lipinski definition) is 1. The van der Waals surface area contributed by atoms with Gasteiger partial charge < -0.3 is 4.90 Å². The maximum absolute atomic E-state index is 13.1. The second-order valence-electron chi connectivity index (χ2n) is 5.80. The molecular weight excluding hydrogens is 367 g/mol. The van der Waals surface area contributed by atoms with Gasteiger partial charge in [0.2, 0.25) is 0 Å². The van der Waals surface area contributed by atoms with Gasteiger partial charge in [0.25, 0.3) is 15.9 Å². The molecule has 0 aromatic heterocycles. The fourth-order valence-electron chi connectivity index (χ4n) is 2.53. The van der Waals surface area contributed by atoms with Crippen LogP contribution >= 0.6 is 0 Å². The van der Waals surface area contributed by atoms with E-state index in [1.165, 1.54) is 11.0 Å². The Balaban J connectivity index is 1.92. The van der Waals surface area contributed by atoms with Crippen LogP contribution in [0, 0.1) is 5.82 Å². The highest BCUT2D eigenvalue weighted by Gasteiger charge is 2.21. The molecule has 3 aromatic rings. The molecule has 0 aliphatic rings. The summed E-state index contributed by atoms with van der Waals surface area (Å²) in [5.74, 6) is -0.896. The molecule has 7 heteroatoms. The lowest BCUT2D eigenvalue weighted by molar-refractivity contribution is 0.0994. The van der Waals surface area contributed by atoms with Gasteiger partial charge in [0.05, 0.1) is 16.1 Å². The zero-order chi connectivity index (χ0) is 19.4. The fraction of sp³-hybridized carbons (Fsp3) is 0.0500. The van der Waals surface area contributed by atoms with Crippen LogP contribution in [0.3, 0.4) is 0 Å². The summed E-state index contributed by atoms with van der Waals surface area (Å²) in [6.07, 6.45) is 0. The fourth-order valence-corrected chi connectivity index (χ4v) is 3.61. The van der Waals surface area contributed by atoms with Crippen molar-refractivity contribution in [2.45, 2.75) is 4.90 Å². The largest absolute Gasteiger partial charge is 0.311 e. The van der Waals surface area contributed by atoms with Crippen LogP contribution < -0.4 is 9.62 Å². The Morgan fingerprint density at radius 2 is 1.48 bits per heavy atom. The summed E-state index contributed by atoms with van der Waals surface area (Å²) in [5.41, 5.74) is 1.03. The number of para-hydroxylation sites is 2. The van der Waals surface area contributed by atoms with Crippen molar-refractivity contribution in [2.75, 3.05) is 16.7 Å². The quantitative estimate of drug-likeness (QED) is 0.725. The van der Waals surface area contributed by atoms with Gasteiger partial charge in [-0.15, -0.1) is 0 Å². The molecule has 5 nitrogen and oxygen atoms in total. The number of rotatable bonds is 5. The van der Waals surface area contributed by atoms with Crippen LogP contribution in [-0.4, -0.2) is 21.4 Å². The number of carbonyl (C=O) groups is 1. The summed E-state index contributed by atoms with van der Waals surface area (Å²) in [6.45, 7) is 0. The van der Waals surface area contributed by atoms with Gasteiger partial charge in [0.15, 0.2) is 0 Å². The number of halogens is 1. The van der Waals surface area contributed by atoms with Gasteiger partial charge in [-0.3, -0.25) is 9.52 Å². The Morgan fingerprint density at radius 1 is 0.889 bits per heavy atom. The minimum atomic E-state index is -3.96. The highest BCUT2D eigenvalue weighted by molar-refractivity contribution is 7.92. The smallest absolute Gasteiger partial charge is 0.261 e. The van der Waals surface area contributed by atoms with Gasteiger partial charge in [0, 0.05) is 12.7 Å². The number of benzene rings is 3. The maximum atomic E-state index is 13.1. The second kappa shape index (κ2) is 7.59. The van der Waals surface area contributed by atoms with Crippen molar-refractivity contribution in [2.24, 2.45) is 0 Å². The first-order valence-corrected chi connectivity index (χ1v) is 9.57. The van der Waals surface area contributed by atoms with Gasteiger partial charge in [-0.2, -0.15) is 0 Å². The normalized spacial score (nSPS) is 11.0. The summed E-state index contributed by atoms with van der Waals surface area (Å²) in [4.78, 5) is 14.2. The molecule has 0 fully saturated rings. The molecular formula is C20H17FN2O3S. The Hall–Kier alpha value is -3.19. The second-order valence-corrected chi connectivity index (χ2v) is 7.49. The Labute approximate surface area is 157 Å². The lowest BCUT2D eigenvalue weighted by Crippen LogP contribution is -2.27. The van der Waals surface area contributed by atoms with Crippen molar-refractivity contribution >= 4 is 27.3 Å². The molecule has 1 N–H and O–H groups in total. The van der Waals surface area contributed by atoms with Crippen LogP contribution in [0.5, 0.6) is 0 Å². The summed E-state index contributed by atoms with van der Waals surface area (Å²) >= 11 is 0. The number of sulfonamides is 1. The van der Waals surface area contributed by atoms with Crippen molar-refractivity contribution in [1.82, 2.24) is 0 Å². The predicted octanol–water partition coefficient (Wildman–Crippen LogP) is 3.90. The van der Waals surface area contributed by atoms with Crippen LogP contribution in [0.15, 0.2) is 83.8 Å². The SMILES string of the molecule is CN(C(=O)c1ccccc1NS(=O)(=O)c1ccc(F)cc1)c1ccccc1. The van der Waals surface area contributed by atoms with Crippen molar-refractivity contribution in [1.29, 1.82) is 0 Å². The van der Waals surface area contributed by atoms with Gasteiger partial charge in [-0.1, -0.05) is 30.3 Å². The van der Waals surface area contributed by atoms with Crippen LogP contribution in [0.2, 0.25) is 0 Å². The molecule has 0 heterocycles. The van der Waals surface area contributed by atoms with Crippen molar-refractivity contribution in [3.05, 3.63) is 90.2 Å². The Bertz CT molecular complexity index is 1050. The van der Waals surface area contributed by atoms with Crippen molar-refractivity contribution < 1.29 is 17.6 Å². The molecule has 0 saturated carbocycles. The Morgan fingerprint density at radius 3 is 2.15 bits per heavy atom. The first-order valence-electron chi connectivity index (χ1n) is 8.09. The molecule has 0 radical (unpaired) electrons. The number of nitrogens with one attached hydrogen (secondary N) is 1. The number of nitrogens with zero attached hydrogens (tertiary/aromatic N) is 1. The minimum absolute atomic E-state index is 0.0948. The van der Waals surface area contributed by atoms with Crippen LogP contribution in [-0.2, 0) is 10.0 Å². The first kappa shape index (κ1) is 18.6. The average Bonchev–Trinajstić information content (AvgIpc) is 2.68. The molecule has 0 spiro atoms. The van der Waals surface area contributed by atoms with Gasteiger partial charge in [-0.05, 0) is 48.5 Å². The standard InChI is InChI=1S/C20H17FN2O3S/c1-23(16-7-3-2-4-8-16)20(24)18-9-5-6-10-19(18)22-27(25,26)17-13-11-15(21)12-14-17/h2-14,22H,1H3. The van der Waals surface area contributed by atoms with E-state index < -0.39 is 15.8 Å². The van der Waals surface area contributed by atoms with E-state index >= 15 is 0 Å². The summed E-state index contributed by atoms with van der Waals surface area (Å²) in [5, 5.41) is 0. The molecule has 0 aliphatic carbocycles. The number of amides is 1. The third kappa shape index (κ3) is 4.15. The zero-order valence-corrected chi connectivity index (χ0v) is 15.3. The minimum Gasteiger partial charge on any atom is -0.311 e. The molecule has 0 atom stereocenters. The van der Waals surface area contributed by atoms with Gasteiger partial charge >= 0.3 is 0 Å². The first-order chi connectivity index (χ1) is 12.9. The van der Waals surface area contributed by atoms with Gasteiger partial charge in [-0.25, -0.2) is 12.8 Å². The molecule has 0 unspecified atom stereocenters. The monoisotopic (exact) mass is 384 g/mol. The van der Waals surface area contributed by atoms with E-state index in [2.05, 4.69) is 4.72 Å². The van der Waals surface area contributed by atoms with Crippen LogP contribution in [0.1, 0.15) is 10.4 Å². The zero-order valence-electron chi connectivity index (χ0n) is 14.5. The lowest BCUT2D eigenvalue weighted by Gasteiger charge is -2.19. The third-order valence-corrected chi connectivity index (χ3v) is 5.36. The number of hydrogen-bond acceptors (Lipinski definition) is 3. The molecule has 27 heavy (non-hydrogen) atoms. The van der Waals surface area contributed by atoms with Crippen LogP contribution in [0.4, 0.5) is 15.8 Å². The Kier molecular flexibility index (Phi) is 5.23. The van der Waals surface area contributed by atoms with E-state index in [0.29, 0.717) is 5.69 Å². The van der Waals surface area contributed by atoms with E-state index in [1.807, 2.05) is 18.2 Å². The average molecular weight is 384 g/mol. The van der Waals surface area contributed by atoms with Crippen LogP contribution in [0.25, 0.3) is 0 Å². The highest BCUT2D eigenvalue weighted by atomic mass is 32.2. The predicted molar refractivity (Wildman–Crippen MR) is 103 cm³/mol. The molecule has 3 rings (SSSR count). The maximum Gasteiger partial charge on any atom is 0.261 e. The third-order valence-electron chi connectivity index (χ3n) is 3.97. The summed E-state index contributed by atoms with van der Waals surface area (Å²) < 4.78 is 40.6. The summed E-state index contributed by atoms with van der Waals surface area (Å²) in [6, 6.07) is 19.8. The number of anilines is 2. The topological polar surface area (TPSA) is 66.5 Å². The molecule has 138 valence electrons. The molecule has 0 saturated heterocycles.